The van der Waals surface area contributed by atoms with Gasteiger partial charge in [-0.1, -0.05) is 36.3 Å². The van der Waals surface area contributed by atoms with Crippen LogP contribution in [0.15, 0.2) is 28.7 Å². The Bertz CT molecular complexity index is 527. The van der Waals surface area contributed by atoms with Crippen LogP contribution in [0.25, 0.3) is 0 Å². The normalized spacial score (nSPS) is 13.8. The van der Waals surface area contributed by atoms with Crippen LogP contribution in [-0.4, -0.2) is 16.7 Å². The fraction of sp³-hybridized carbons (Fsp3) is 0.429. The van der Waals surface area contributed by atoms with E-state index in [1.165, 1.54) is 11.1 Å². The highest BCUT2D eigenvalue weighted by Crippen LogP contribution is 2.26. The maximum atomic E-state index is 5.69. The Morgan fingerprint density at radius 2 is 1.95 bits per heavy atom. The highest BCUT2D eigenvalue weighted by molar-refractivity contribution is 5.41. The molecule has 100 valence electrons. The van der Waals surface area contributed by atoms with Gasteiger partial charge in [-0.2, -0.15) is 0 Å². The average Bonchev–Trinajstić information content (AvgIpc) is 3.04. The zero-order valence-corrected chi connectivity index (χ0v) is 11.1. The average molecular weight is 258 g/mol. The van der Waals surface area contributed by atoms with E-state index in [1.807, 2.05) is 0 Å². The molecule has 2 heterocycles. The summed E-state index contributed by atoms with van der Waals surface area (Å²) in [5.74, 6) is 0.652. The summed E-state index contributed by atoms with van der Waals surface area (Å²) in [6, 6.07) is 9.04. The third-order valence-electron chi connectivity index (χ3n) is 3.27. The predicted molar refractivity (Wildman–Crippen MR) is 72.6 cm³/mol. The topological polar surface area (TPSA) is 54.2 Å². The van der Waals surface area contributed by atoms with Gasteiger partial charge in [-0.05, 0) is 24.1 Å². The van der Waals surface area contributed by atoms with Gasteiger partial charge in [-0.15, -0.1) is 5.10 Å². The van der Waals surface area contributed by atoms with Crippen molar-refractivity contribution in [2.75, 3.05) is 11.4 Å². The number of benzene rings is 1. The highest BCUT2D eigenvalue weighted by atomic mass is 16.4. The first-order valence-corrected chi connectivity index (χ1v) is 6.71. The Morgan fingerprint density at radius 1 is 1.21 bits per heavy atom. The van der Waals surface area contributed by atoms with Crippen LogP contribution in [0.3, 0.4) is 0 Å². The molecule has 0 fully saturated rings. The number of rotatable bonds is 5. The molecule has 0 unspecified atom stereocenters. The van der Waals surface area contributed by atoms with Gasteiger partial charge in [0.25, 0.3) is 0 Å². The van der Waals surface area contributed by atoms with Crippen LogP contribution in [0.4, 0.5) is 6.01 Å². The maximum Gasteiger partial charge on any atom is 0.318 e. The molecule has 1 aliphatic heterocycles. The predicted octanol–water partition coefficient (Wildman–Crippen LogP) is 2.09. The van der Waals surface area contributed by atoms with Crippen LogP contribution < -0.4 is 10.2 Å². The van der Waals surface area contributed by atoms with Gasteiger partial charge in [-0.25, -0.2) is 0 Å². The third kappa shape index (κ3) is 2.61. The minimum atomic E-state index is 0.615. The lowest BCUT2D eigenvalue weighted by atomic mass is 10.1. The Labute approximate surface area is 112 Å². The van der Waals surface area contributed by atoms with E-state index >= 15 is 0 Å². The number of hydrogen-bond donors (Lipinski definition) is 1. The molecule has 0 atom stereocenters. The summed E-state index contributed by atoms with van der Waals surface area (Å²) in [6.45, 7) is 5.43. The fourth-order valence-corrected chi connectivity index (χ4v) is 2.28. The van der Waals surface area contributed by atoms with Crippen molar-refractivity contribution < 1.29 is 4.42 Å². The molecule has 0 radical (unpaired) electrons. The highest BCUT2D eigenvalue weighted by Gasteiger charge is 2.22. The Kier molecular flexibility index (Phi) is 3.46. The maximum absolute atomic E-state index is 5.69. The second-order valence-corrected chi connectivity index (χ2v) is 4.78. The molecule has 1 aromatic heterocycles. The molecular formula is C14H18N4O. The zero-order chi connectivity index (χ0) is 13.1. The van der Waals surface area contributed by atoms with Crippen molar-refractivity contribution in [1.82, 2.24) is 15.5 Å². The van der Waals surface area contributed by atoms with Crippen LogP contribution >= 0.6 is 0 Å². The lowest BCUT2D eigenvalue weighted by Crippen LogP contribution is -2.15. The molecule has 1 aliphatic rings. The van der Waals surface area contributed by atoms with Gasteiger partial charge in [-0.3, -0.25) is 0 Å². The smallest absolute Gasteiger partial charge is 0.318 e. The summed E-state index contributed by atoms with van der Waals surface area (Å²) >= 11 is 0. The van der Waals surface area contributed by atoms with Crippen LogP contribution in [0.5, 0.6) is 0 Å². The molecule has 5 heteroatoms. The number of anilines is 1. The molecule has 2 aromatic rings. The van der Waals surface area contributed by atoms with Crippen molar-refractivity contribution in [3.05, 3.63) is 41.3 Å². The van der Waals surface area contributed by atoms with E-state index in [0.29, 0.717) is 18.5 Å². The molecule has 19 heavy (non-hydrogen) atoms. The van der Waals surface area contributed by atoms with E-state index in [2.05, 4.69) is 51.6 Å². The molecule has 0 saturated heterocycles. The fourth-order valence-electron chi connectivity index (χ4n) is 2.28. The van der Waals surface area contributed by atoms with E-state index in [1.54, 1.807) is 0 Å². The summed E-state index contributed by atoms with van der Waals surface area (Å²) in [5.41, 5.74) is 2.68. The minimum absolute atomic E-state index is 0.615. The van der Waals surface area contributed by atoms with Crippen molar-refractivity contribution in [1.29, 1.82) is 0 Å². The van der Waals surface area contributed by atoms with Gasteiger partial charge in [0.1, 0.15) is 0 Å². The monoisotopic (exact) mass is 258 g/mol. The summed E-state index contributed by atoms with van der Waals surface area (Å²) in [4.78, 5) is 2.11. The van der Waals surface area contributed by atoms with Crippen molar-refractivity contribution in [2.45, 2.75) is 33.0 Å². The van der Waals surface area contributed by atoms with Crippen molar-refractivity contribution in [2.24, 2.45) is 0 Å². The van der Waals surface area contributed by atoms with Gasteiger partial charge in [0.05, 0.1) is 6.54 Å². The van der Waals surface area contributed by atoms with Crippen LogP contribution in [0.1, 0.15) is 30.4 Å². The SMILES string of the molecule is CCCNCc1nnc(N2Cc3ccccc3C2)o1. The minimum Gasteiger partial charge on any atom is -0.407 e. The Hall–Kier alpha value is -1.88. The summed E-state index contributed by atoms with van der Waals surface area (Å²) < 4.78 is 5.69. The quantitative estimate of drug-likeness (QED) is 0.832. The Morgan fingerprint density at radius 3 is 2.63 bits per heavy atom. The van der Waals surface area contributed by atoms with Gasteiger partial charge in [0.2, 0.25) is 5.89 Å². The lowest BCUT2D eigenvalue weighted by Gasteiger charge is -2.10. The number of nitrogens with one attached hydrogen (secondary N) is 1. The summed E-state index contributed by atoms with van der Waals surface area (Å²) in [6.07, 6.45) is 1.10. The molecule has 1 aromatic carbocycles. The molecule has 5 nitrogen and oxygen atoms in total. The molecule has 1 N–H and O–H groups in total. The number of aromatic nitrogens is 2. The third-order valence-corrected chi connectivity index (χ3v) is 3.27. The molecule has 0 aliphatic carbocycles. The van der Waals surface area contributed by atoms with Gasteiger partial charge >= 0.3 is 6.01 Å². The molecule has 0 amide bonds. The first-order valence-electron chi connectivity index (χ1n) is 6.71. The Balaban J connectivity index is 1.65. The van der Waals surface area contributed by atoms with Crippen molar-refractivity contribution in [3.63, 3.8) is 0 Å². The second kappa shape index (κ2) is 5.40. The first-order chi connectivity index (χ1) is 9.36. The molecule has 0 bridgehead atoms. The number of nitrogens with zero attached hydrogens (tertiary/aromatic N) is 3. The van der Waals surface area contributed by atoms with Crippen LogP contribution in [0, 0.1) is 0 Å². The largest absolute Gasteiger partial charge is 0.407 e. The molecular weight excluding hydrogens is 240 g/mol. The van der Waals surface area contributed by atoms with Crippen LogP contribution in [-0.2, 0) is 19.6 Å². The van der Waals surface area contributed by atoms with Crippen molar-refractivity contribution in [3.8, 4) is 0 Å². The number of fused-ring (bicyclic) bond motifs is 1. The molecule has 3 rings (SSSR count). The van der Waals surface area contributed by atoms with E-state index in [9.17, 15) is 0 Å². The molecule has 0 spiro atoms. The van der Waals surface area contributed by atoms with E-state index in [0.717, 1.165) is 26.1 Å². The number of hydrogen-bond acceptors (Lipinski definition) is 5. The standard InChI is InChI=1S/C14H18N4O/c1-2-7-15-8-13-16-17-14(19-13)18-9-11-5-3-4-6-12(11)10-18/h3-6,15H,2,7-10H2,1H3. The summed E-state index contributed by atoms with van der Waals surface area (Å²) in [5, 5.41) is 11.5. The van der Waals surface area contributed by atoms with Crippen molar-refractivity contribution >= 4 is 6.01 Å². The van der Waals surface area contributed by atoms with Gasteiger partial charge in [0.15, 0.2) is 0 Å². The van der Waals surface area contributed by atoms with Crippen LogP contribution in [0.2, 0.25) is 0 Å². The second-order valence-electron chi connectivity index (χ2n) is 4.78. The van der Waals surface area contributed by atoms with Gasteiger partial charge < -0.3 is 14.6 Å². The zero-order valence-electron chi connectivity index (χ0n) is 11.1. The lowest BCUT2D eigenvalue weighted by molar-refractivity contribution is 0.462. The summed E-state index contributed by atoms with van der Waals surface area (Å²) in [7, 11) is 0. The first kappa shape index (κ1) is 12.2. The van der Waals surface area contributed by atoms with E-state index in [-0.39, 0.29) is 0 Å². The van der Waals surface area contributed by atoms with E-state index in [4.69, 9.17) is 4.42 Å². The molecule has 0 saturated carbocycles. The van der Waals surface area contributed by atoms with Gasteiger partial charge in [0, 0.05) is 13.1 Å². The van der Waals surface area contributed by atoms with E-state index < -0.39 is 0 Å².